The van der Waals surface area contributed by atoms with Crippen LogP contribution in [0.2, 0.25) is 0 Å². The maximum absolute atomic E-state index is 11.7. The van der Waals surface area contributed by atoms with Gasteiger partial charge in [0.05, 0.1) is 6.04 Å². The fourth-order valence-electron chi connectivity index (χ4n) is 1.98. The van der Waals surface area contributed by atoms with Crippen molar-refractivity contribution in [1.82, 2.24) is 0 Å². The molecule has 0 spiro atoms. The quantitative estimate of drug-likeness (QED) is 0.824. The molecule has 0 saturated carbocycles. The summed E-state index contributed by atoms with van der Waals surface area (Å²) in [4.78, 5) is 13.4. The molecule has 4 heteroatoms. The number of nitrogens with zero attached hydrogens (tertiary/aromatic N) is 1. The van der Waals surface area contributed by atoms with Gasteiger partial charge in [0.15, 0.2) is 0 Å². The minimum absolute atomic E-state index is 0.0145. The first-order valence-electron chi connectivity index (χ1n) is 5.40. The van der Waals surface area contributed by atoms with Crippen molar-refractivity contribution in [1.29, 1.82) is 0 Å². The molecular formula is C12H16N2O2. The van der Waals surface area contributed by atoms with Crippen molar-refractivity contribution in [2.75, 3.05) is 11.4 Å². The number of carbonyl (C=O) groups is 1. The van der Waals surface area contributed by atoms with Gasteiger partial charge in [0.25, 0.3) is 0 Å². The topological polar surface area (TPSA) is 55.6 Å². The maximum atomic E-state index is 11.7. The smallest absolute Gasteiger partial charge is 0.415 e. The van der Waals surface area contributed by atoms with E-state index in [-0.39, 0.29) is 18.2 Å². The Morgan fingerprint density at radius 2 is 2.25 bits per heavy atom. The monoisotopic (exact) mass is 220 g/mol. The lowest BCUT2D eigenvalue weighted by Crippen LogP contribution is -2.37. The van der Waals surface area contributed by atoms with Gasteiger partial charge in [0, 0.05) is 12.2 Å². The van der Waals surface area contributed by atoms with E-state index in [2.05, 4.69) is 0 Å². The van der Waals surface area contributed by atoms with Crippen molar-refractivity contribution in [2.24, 2.45) is 5.73 Å². The molecule has 2 unspecified atom stereocenters. The lowest BCUT2D eigenvalue weighted by atomic mass is 10.1. The Kier molecular flexibility index (Phi) is 2.83. The number of benzene rings is 1. The molecule has 1 aromatic carbocycles. The summed E-state index contributed by atoms with van der Waals surface area (Å²) < 4.78 is 5.19. The first kappa shape index (κ1) is 11.0. The van der Waals surface area contributed by atoms with Crippen molar-refractivity contribution in [3.63, 3.8) is 0 Å². The molecule has 1 aliphatic rings. The van der Waals surface area contributed by atoms with Gasteiger partial charge in [-0.05, 0) is 31.5 Å². The zero-order chi connectivity index (χ0) is 11.7. The third-order valence-electron chi connectivity index (χ3n) is 2.91. The Labute approximate surface area is 95.0 Å². The molecule has 0 aliphatic carbocycles. The summed E-state index contributed by atoms with van der Waals surface area (Å²) in [6.07, 6.45) is -0.526. The van der Waals surface area contributed by atoms with Crippen LogP contribution in [0.4, 0.5) is 10.5 Å². The molecule has 1 heterocycles. The third kappa shape index (κ3) is 1.76. The van der Waals surface area contributed by atoms with Crippen LogP contribution in [0.1, 0.15) is 12.5 Å². The Bertz CT molecular complexity index is 406. The lowest BCUT2D eigenvalue weighted by Gasteiger charge is -2.20. The van der Waals surface area contributed by atoms with Gasteiger partial charge in [-0.3, -0.25) is 4.90 Å². The van der Waals surface area contributed by atoms with Crippen LogP contribution >= 0.6 is 0 Å². The predicted molar refractivity (Wildman–Crippen MR) is 62.4 cm³/mol. The van der Waals surface area contributed by atoms with Gasteiger partial charge in [-0.25, -0.2) is 4.79 Å². The number of hydrogen-bond donors (Lipinski definition) is 1. The van der Waals surface area contributed by atoms with Crippen molar-refractivity contribution < 1.29 is 9.53 Å². The number of rotatable bonds is 2. The fourth-order valence-corrected chi connectivity index (χ4v) is 1.98. The molecule has 2 N–H and O–H groups in total. The van der Waals surface area contributed by atoms with Gasteiger partial charge in [-0.1, -0.05) is 12.1 Å². The Morgan fingerprint density at radius 1 is 1.50 bits per heavy atom. The molecule has 86 valence electrons. The van der Waals surface area contributed by atoms with Gasteiger partial charge in [-0.15, -0.1) is 0 Å². The second kappa shape index (κ2) is 4.14. The van der Waals surface area contributed by atoms with Crippen LogP contribution in [-0.2, 0) is 4.74 Å². The summed E-state index contributed by atoms with van der Waals surface area (Å²) >= 11 is 0. The SMILES string of the molecule is Cc1cccc(N2C(=O)OC(CN)C2C)c1. The van der Waals surface area contributed by atoms with Crippen LogP contribution in [0.15, 0.2) is 24.3 Å². The van der Waals surface area contributed by atoms with Gasteiger partial charge in [0.2, 0.25) is 0 Å². The molecule has 4 nitrogen and oxygen atoms in total. The number of cyclic esters (lactones) is 1. The molecule has 1 amide bonds. The third-order valence-corrected chi connectivity index (χ3v) is 2.91. The summed E-state index contributed by atoms with van der Waals surface area (Å²) in [5.41, 5.74) is 7.54. The summed E-state index contributed by atoms with van der Waals surface area (Å²) in [7, 11) is 0. The molecule has 1 fully saturated rings. The van der Waals surface area contributed by atoms with Gasteiger partial charge in [-0.2, -0.15) is 0 Å². The number of amides is 1. The van der Waals surface area contributed by atoms with E-state index in [4.69, 9.17) is 10.5 Å². The molecule has 0 radical (unpaired) electrons. The highest BCUT2D eigenvalue weighted by molar-refractivity contribution is 5.90. The molecule has 0 bridgehead atoms. The summed E-state index contributed by atoms with van der Waals surface area (Å²) in [6, 6.07) is 7.79. The van der Waals surface area contributed by atoms with Gasteiger partial charge < -0.3 is 10.5 Å². The molecule has 1 aliphatic heterocycles. The molecule has 0 aromatic heterocycles. The number of ether oxygens (including phenoxy) is 1. The number of anilines is 1. The number of aryl methyl sites for hydroxylation is 1. The zero-order valence-corrected chi connectivity index (χ0v) is 9.51. The molecule has 2 atom stereocenters. The molecular weight excluding hydrogens is 204 g/mol. The summed E-state index contributed by atoms with van der Waals surface area (Å²) in [5.74, 6) is 0. The van der Waals surface area contributed by atoms with E-state index in [1.54, 1.807) is 4.90 Å². The van der Waals surface area contributed by atoms with E-state index in [0.29, 0.717) is 6.54 Å². The highest BCUT2D eigenvalue weighted by atomic mass is 16.6. The molecule has 1 saturated heterocycles. The van der Waals surface area contributed by atoms with E-state index in [1.807, 2.05) is 38.1 Å². The predicted octanol–water partition coefficient (Wildman–Crippen LogP) is 1.67. The van der Waals surface area contributed by atoms with E-state index >= 15 is 0 Å². The van der Waals surface area contributed by atoms with Gasteiger partial charge in [0.1, 0.15) is 6.10 Å². The normalized spacial score (nSPS) is 24.7. The minimum Gasteiger partial charge on any atom is -0.442 e. The highest BCUT2D eigenvalue weighted by Crippen LogP contribution is 2.26. The number of nitrogens with two attached hydrogens (primary N) is 1. The average molecular weight is 220 g/mol. The first-order valence-corrected chi connectivity index (χ1v) is 5.40. The molecule has 1 aromatic rings. The summed E-state index contributed by atoms with van der Waals surface area (Å²) in [6.45, 7) is 4.30. The van der Waals surface area contributed by atoms with Crippen LogP contribution in [0.25, 0.3) is 0 Å². The Morgan fingerprint density at radius 3 is 2.81 bits per heavy atom. The van der Waals surface area contributed by atoms with Crippen LogP contribution in [0.5, 0.6) is 0 Å². The first-order chi connectivity index (χ1) is 7.63. The second-order valence-electron chi connectivity index (χ2n) is 4.11. The molecule has 2 rings (SSSR count). The number of carbonyl (C=O) groups excluding carboxylic acids is 1. The minimum atomic E-state index is -0.312. The lowest BCUT2D eigenvalue weighted by molar-refractivity contribution is 0.137. The fraction of sp³-hybridized carbons (Fsp3) is 0.417. The molecule has 16 heavy (non-hydrogen) atoms. The van der Waals surface area contributed by atoms with Crippen molar-refractivity contribution >= 4 is 11.8 Å². The maximum Gasteiger partial charge on any atom is 0.415 e. The van der Waals surface area contributed by atoms with Crippen LogP contribution in [-0.4, -0.2) is 24.8 Å². The Balaban J connectivity index is 2.30. The van der Waals surface area contributed by atoms with Crippen LogP contribution in [0.3, 0.4) is 0 Å². The van der Waals surface area contributed by atoms with E-state index in [9.17, 15) is 4.79 Å². The van der Waals surface area contributed by atoms with Gasteiger partial charge >= 0.3 is 6.09 Å². The standard InChI is InChI=1S/C12H16N2O2/c1-8-4-3-5-10(6-8)14-9(2)11(7-13)16-12(14)15/h3-6,9,11H,7,13H2,1-2H3. The second-order valence-corrected chi connectivity index (χ2v) is 4.11. The summed E-state index contributed by atoms with van der Waals surface area (Å²) in [5, 5.41) is 0. The van der Waals surface area contributed by atoms with E-state index in [0.717, 1.165) is 11.3 Å². The van der Waals surface area contributed by atoms with Crippen molar-refractivity contribution in [2.45, 2.75) is 26.0 Å². The van der Waals surface area contributed by atoms with E-state index < -0.39 is 0 Å². The largest absolute Gasteiger partial charge is 0.442 e. The van der Waals surface area contributed by atoms with Crippen LogP contribution in [0, 0.1) is 6.92 Å². The zero-order valence-electron chi connectivity index (χ0n) is 9.51. The van der Waals surface area contributed by atoms with Crippen molar-refractivity contribution in [3.8, 4) is 0 Å². The van der Waals surface area contributed by atoms with Crippen LogP contribution < -0.4 is 10.6 Å². The highest BCUT2D eigenvalue weighted by Gasteiger charge is 2.38. The average Bonchev–Trinajstić information content (AvgIpc) is 2.53. The Hall–Kier alpha value is -1.55. The van der Waals surface area contributed by atoms with E-state index in [1.165, 1.54) is 0 Å². The van der Waals surface area contributed by atoms with Crippen molar-refractivity contribution in [3.05, 3.63) is 29.8 Å². The number of hydrogen-bond acceptors (Lipinski definition) is 3.